The van der Waals surface area contributed by atoms with Gasteiger partial charge in [0.25, 0.3) is 0 Å². The van der Waals surface area contributed by atoms with Crippen molar-refractivity contribution in [3.05, 3.63) is 29.3 Å². The van der Waals surface area contributed by atoms with Crippen molar-refractivity contribution in [2.45, 2.75) is 44.6 Å². The first kappa shape index (κ1) is 15.1. The van der Waals surface area contributed by atoms with Crippen molar-refractivity contribution in [1.29, 1.82) is 0 Å². The van der Waals surface area contributed by atoms with Gasteiger partial charge in [0.05, 0.1) is 11.7 Å². The maximum Gasteiger partial charge on any atom is 0.419 e. The quantitative estimate of drug-likeness (QED) is 0.846. The zero-order valence-electron chi connectivity index (χ0n) is 11.2. The second-order valence-electron chi connectivity index (χ2n) is 5.14. The van der Waals surface area contributed by atoms with Gasteiger partial charge in [-0.15, -0.1) is 0 Å². The minimum absolute atomic E-state index is 0.164. The summed E-state index contributed by atoms with van der Waals surface area (Å²) in [4.78, 5) is 0. The molecule has 2 N–H and O–H groups in total. The van der Waals surface area contributed by atoms with Crippen LogP contribution < -0.4 is 10.1 Å². The van der Waals surface area contributed by atoms with Crippen molar-refractivity contribution < 1.29 is 23.0 Å². The van der Waals surface area contributed by atoms with Gasteiger partial charge in [-0.05, 0) is 37.5 Å². The third kappa shape index (κ3) is 4.38. The number of benzene rings is 1. The summed E-state index contributed by atoms with van der Waals surface area (Å²) < 4.78 is 44.0. The summed E-state index contributed by atoms with van der Waals surface area (Å²) in [6.45, 7) is 1.72. The van der Waals surface area contributed by atoms with Crippen molar-refractivity contribution in [1.82, 2.24) is 5.32 Å². The van der Waals surface area contributed by atoms with Gasteiger partial charge < -0.3 is 15.2 Å². The number of rotatable bonds is 6. The van der Waals surface area contributed by atoms with E-state index in [2.05, 4.69) is 5.32 Å². The second kappa shape index (κ2) is 6.01. The lowest BCUT2D eigenvalue weighted by Crippen LogP contribution is -2.18. The van der Waals surface area contributed by atoms with E-state index in [0.29, 0.717) is 18.2 Å². The predicted molar refractivity (Wildman–Crippen MR) is 68.5 cm³/mol. The third-order valence-corrected chi connectivity index (χ3v) is 3.00. The highest BCUT2D eigenvalue weighted by Gasteiger charge is 2.34. The Morgan fingerprint density at radius 3 is 2.65 bits per heavy atom. The second-order valence-corrected chi connectivity index (χ2v) is 5.14. The number of ether oxygens (including phenoxy) is 1. The van der Waals surface area contributed by atoms with Crippen LogP contribution in [-0.2, 0) is 12.7 Å². The number of hydrogen-bond acceptors (Lipinski definition) is 3. The highest BCUT2D eigenvalue weighted by Crippen LogP contribution is 2.37. The summed E-state index contributed by atoms with van der Waals surface area (Å²) in [5, 5.41) is 12.3. The summed E-state index contributed by atoms with van der Waals surface area (Å²) >= 11 is 0. The number of alkyl halides is 3. The first-order valence-corrected chi connectivity index (χ1v) is 6.60. The van der Waals surface area contributed by atoms with Crippen LogP contribution in [-0.4, -0.2) is 23.9 Å². The lowest BCUT2D eigenvalue weighted by atomic mass is 10.1. The highest BCUT2D eigenvalue weighted by molar-refractivity contribution is 5.39. The molecule has 20 heavy (non-hydrogen) atoms. The molecular weight excluding hydrogens is 271 g/mol. The van der Waals surface area contributed by atoms with Crippen molar-refractivity contribution in [2.24, 2.45) is 0 Å². The van der Waals surface area contributed by atoms with Gasteiger partial charge in [-0.3, -0.25) is 0 Å². The van der Waals surface area contributed by atoms with Crippen LogP contribution in [0.15, 0.2) is 18.2 Å². The fourth-order valence-electron chi connectivity index (χ4n) is 1.79. The smallest absolute Gasteiger partial charge is 0.419 e. The molecule has 1 saturated carbocycles. The monoisotopic (exact) mass is 289 g/mol. The molecule has 6 heteroatoms. The van der Waals surface area contributed by atoms with Crippen LogP contribution in [0.1, 0.15) is 30.9 Å². The molecule has 0 radical (unpaired) electrons. The molecule has 1 aliphatic carbocycles. The van der Waals surface area contributed by atoms with Crippen LogP contribution in [0, 0.1) is 0 Å². The van der Waals surface area contributed by atoms with E-state index in [-0.39, 0.29) is 12.4 Å². The summed E-state index contributed by atoms with van der Waals surface area (Å²) in [5.41, 5.74) is -0.220. The Labute approximate surface area is 115 Å². The number of halogens is 3. The minimum atomic E-state index is -4.47. The molecule has 1 aliphatic rings. The molecule has 1 unspecified atom stereocenters. The Bertz CT molecular complexity index is 456. The van der Waals surface area contributed by atoms with E-state index in [4.69, 9.17) is 9.84 Å². The lowest BCUT2D eigenvalue weighted by Gasteiger charge is -2.16. The molecule has 0 heterocycles. The number of nitrogens with one attached hydrogen (secondary N) is 1. The van der Waals surface area contributed by atoms with Gasteiger partial charge in [-0.1, -0.05) is 6.07 Å². The Morgan fingerprint density at radius 1 is 1.40 bits per heavy atom. The molecule has 2 rings (SSSR count). The number of hydrogen-bond donors (Lipinski definition) is 2. The average molecular weight is 289 g/mol. The zero-order valence-corrected chi connectivity index (χ0v) is 11.2. The molecule has 0 bridgehead atoms. The zero-order chi connectivity index (χ0) is 14.8. The van der Waals surface area contributed by atoms with Crippen molar-refractivity contribution in [3.8, 4) is 5.75 Å². The lowest BCUT2D eigenvalue weighted by molar-refractivity contribution is -0.139. The summed E-state index contributed by atoms with van der Waals surface area (Å²) in [7, 11) is 0. The average Bonchev–Trinajstić information content (AvgIpc) is 3.17. The van der Waals surface area contributed by atoms with Crippen LogP contribution in [0.2, 0.25) is 0 Å². The SMILES string of the molecule is CC(O)COc1ccc(CNC2CC2)cc1C(F)(F)F. The van der Waals surface area contributed by atoms with E-state index in [9.17, 15) is 13.2 Å². The van der Waals surface area contributed by atoms with Gasteiger partial charge in [0.2, 0.25) is 0 Å². The van der Waals surface area contributed by atoms with E-state index in [1.54, 1.807) is 6.07 Å². The van der Waals surface area contributed by atoms with Gasteiger partial charge in [-0.2, -0.15) is 13.2 Å². The van der Waals surface area contributed by atoms with Crippen LogP contribution in [0.5, 0.6) is 5.75 Å². The Kier molecular flexibility index (Phi) is 4.55. The van der Waals surface area contributed by atoms with E-state index in [1.807, 2.05) is 0 Å². The van der Waals surface area contributed by atoms with E-state index in [0.717, 1.165) is 18.9 Å². The van der Waals surface area contributed by atoms with Crippen LogP contribution in [0.4, 0.5) is 13.2 Å². The Morgan fingerprint density at radius 2 is 2.10 bits per heavy atom. The van der Waals surface area contributed by atoms with Crippen molar-refractivity contribution in [3.63, 3.8) is 0 Å². The first-order chi connectivity index (χ1) is 9.36. The molecule has 1 aromatic carbocycles. The molecule has 1 fully saturated rings. The Balaban J connectivity index is 2.13. The maximum atomic E-state index is 13.0. The molecule has 112 valence electrons. The predicted octanol–water partition coefficient (Wildman–Crippen LogP) is 2.72. The molecule has 0 aliphatic heterocycles. The molecule has 3 nitrogen and oxygen atoms in total. The van der Waals surface area contributed by atoms with Crippen LogP contribution >= 0.6 is 0 Å². The summed E-state index contributed by atoms with van der Waals surface area (Å²) in [5.74, 6) is -0.242. The van der Waals surface area contributed by atoms with Gasteiger partial charge in [0, 0.05) is 12.6 Å². The van der Waals surface area contributed by atoms with Crippen molar-refractivity contribution >= 4 is 0 Å². The molecule has 0 saturated heterocycles. The minimum Gasteiger partial charge on any atom is -0.490 e. The first-order valence-electron chi connectivity index (χ1n) is 6.60. The van der Waals surface area contributed by atoms with Gasteiger partial charge >= 0.3 is 6.18 Å². The van der Waals surface area contributed by atoms with Gasteiger partial charge in [0.15, 0.2) is 0 Å². The van der Waals surface area contributed by atoms with E-state index < -0.39 is 17.8 Å². The summed E-state index contributed by atoms with van der Waals surface area (Å²) in [6.07, 6.45) is -3.11. The van der Waals surface area contributed by atoms with Gasteiger partial charge in [0.1, 0.15) is 12.4 Å². The molecule has 1 aromatic rings. The van der Waals surface area contributed by atoms with E-state index >= 15 is 0 Å². The standard InChI is InChI=1S/C14H18F3NO2/c1-9(19)8-20-13-5-2-10(7-18-11-3-4-11)6-12(13)14(15,16)17/h2,5-6,9,11,18-19H,3-4,7-8H2,1H3. The number of aliphatic hydroxyl groups excluding tert-OH is 1. The summed E-state index contributed by atoms with van der Waals surface area (Å²) in [6, 6.07) is 4.47. The largest absolute Gasteiger partial charge is 0.490 e. The fourth-order valence-corrected chi connectivity index (χ4v) is 1.79. The molecular formula is C14H18F3NO2. The Hall–Kier alpha value is -1.27. The van der Waals surface area contributed by atoms with Crippen LogP contribution in [0.3, 0.4) is 0 Å². The normalized spacial score (nSPS) is 17.1. The van der Waals surface area contributed by atoms with Crippen molar-refractivity contribution in [2.75, 3.05) is 6.61 Å². The fraction of sp³-hybridized carbons (Fsp3) is 0.571. The van der Waals surface area contributed by atoms with Crippen LogP contribution in [0.25, 0.3) is 0 Å². The highest BCUT2D eigenvalue weighted by atomic mass is 19.4. The topological polar surface area (TPSA) is 41.5 Å². The van der Waals surface area contributed by atoms with Gasteiger partial charge in [-0.25, -0.2) is 0 Å². The maximum absolute atomic E-state index is 13.0. The molecule has 0 aromatic heterocycles. The molecule has 1 atom stereocenters. The molecule has 0 spiro atoms. The third-order valence-electron chi connectivity index (χ3n) is 3.00. The van der Waals surface area contributed by atoms with E-state index in [1.165, 1.54) is 13.0 Å². The molecule has 0 amide bonds. The number of aliphatic hydroxyl groups is 1.